The lowest BCUT2D eigenvalue weighted by Gasteiger charge is -2.38. The Morgan fingerprint density at radius 3 is 2.55 bits per heavy atom. The highest BCUT2D eigenvalue weighted by atomic mass is 127. The van der Waals surface area contributed by atoms with E-state index in [9.17, 15) is 0 Å². The normalized spacial score (nSPS) is 24.1. The molecule has 3 heteroatoms. The molecule has 0 amide bonds. The maximum Gasteiger partial charge on any atom is 0.104 e. The summed E-state index contributed by atoms with van der Waals surface area (Å²) in [5.41, 5.74) is 1.95. The molecule has 0 N–H and O–H groups in total. The van der Waals surface area contributed by atoms with Crippen molar-refractivity contribution < 1.29 is 28.5 Å². The van der Waals surface area contributed by atoms with E-state index in [-0.39, 0.29) is 24.0 Å². The highest BCUT2D eigenvalue weighted by molar-refractivity contribution is 9.09. The van der Waals surface area contributed by atoms with Crippen molar-refractivity contribution in [2.24, 2.45) is 11.3 Å². The number of hydrogen-bond donors (Lipinski definition) is 0. The Bertz CT molecular complexity index is 358. The van der Waals surface area contributed by atoms with Gasteiger partial charge in [-0.3, -0.25) is 0 Å². The lowest BCUT2D eigenvalue weighted by molar-refractivity contribution is -0.903. The maximum absolute atomic E-state index is 3.56. The number of allylic oxidation sites excluding steroid dienone is 3. The summed E-state index contributed by atoms with van der Waals surface area (Å²) in [6.07, 6.45) is 9.85. The van der Waals surface area contributed by atoms with Gasteiger partial charge in [0.15, 0.2) is 0 Å². The smallest absolute Gasteiger partial charge is 0.104 e. The third kappa shape index (κ3) is 5.45. The first-order chi connectivity index (χ1) is 8.70. The Labute approximate surface area is 151 Å². The van der Waals surface area contributed by atoms with Gasteiger partial charge in [0, 0.05) is 5.92 Å². The molecular weight excluding hydrogens is 425 g/mol. The van der Waals surface area contributed by atoms with Crippen LogP contribution in [0.25, 0.3) is 0 Å². The van der Waals surface area contributed by atoms with Gasteiger partial charge >= 0.3 is 0 Å². The third-order valence-electron chi connectivity index (χ3n) is 4.93. The van der Waals surface area contributed by atoms with Gasteiger partial charge in [0.2, 0.25) is 0 Å². The van der Waals surface area contributed by atoms with Gasteiger partial charge in [-0.15, -0.1) is 0 Å². The second-order valence-electron chi connectivity index (χ2n) is 7.27. The molecular formula is C17H31BrIN. The number of rotatable bonds is 5. The zero-order valence-electron chi connectivity index (χ0n) is 13.9. The van der Waals surface area contributed by atoms with Crippen LogP contribution in [-0.4, -0.2) is 36.5 Å². The SMILES string of the molecule is CC1=CCCC(C)(C)C1C=CC(C)[N+](C)(C)CCBr.[I-]. The molecule has 0 spiro atoms. The van der Waals surface area contributed by atoms with E-state index in [0.717, 1.165) is 16.4 Å². The molecule has 0 aromatic rings. The molecule has 1 nitrogen and oxygen atoms in total. The Balaban J connectivity index is 0.00000361. The van der Waals surface area contributed by atoms with Crippen LogP contribution in [0.15, 0.2) is 23.8 Å². The fourth-order valence-electron chi connectivity index (χ4n) is 2.91. The number of likely N-dealkylation sites (N-methyl/N-ethyl adjacent to an activating group) is 1. The van der Waals surface area contributed by atoms with Gasteiger partial charge in [0.1, 0.15) is 6.04 Å². The fourth-order valence-corrected chi connectivity index (χ4v) is 3.82. The summed E-state index contributed by atoms with van der Waals surface area (Å²) >= 11 is 3.56. The number of nitrogens with zero attached hydrogens (tertiary/aromatic N) is 1. The molecule has 0 heterocycles. The fraction of sp³-hybridized carbons (Fsp3) is 0.765. The molecule has 0 aliphatic heterocycles. The zero-order valence-corrected chi connectivity index (χ0v) is 17.7. The number of halogens is 2. The van der Waals surface area contributed by atoms with E-state index in [0.29, 0.717) is 17.4 Å². The molecule has 20 heavy (non-hydrogen) atoms. The van der Waals surface area contributed by atoms with Gasteiger partial charge in [0.05, 0.1) is 26.0 Å². The lowest BCUT2D eigenvalue weighted by atomic mass is 9.68. The minimum Gasteiger partial charge on any atom is -1.00 e. The van der Waals surface area contributed by atoms with Crippen LogP contribution in [-0.2, 0) is 0 Å². The second-order valence-corrected chi connectivity index (χ2v) is 8.06. The van der Waals surface area contributed by atoms with Crippen LogP contribution in [0.1, 0.15) is 40.5 Å². The Kier molecular flexibility index (Phi) is 8.60. The van der Waals surface area contributed by atoms with Crippen LogP contribution in [0.4, 0.5) is 0 Å². The van der Waals surface area contributed by atoms with Gasteiger partial charge in [-0.25, -0.2) is 0 Å². The van der Waals surface area contributed by atoms with Gasteiger partial charge in [0.25, 0.3) is 0 Å². The van der Waals surface area contributed by atoms with Crippen molar-refractivity contribution in [2.45, 2.75) is 46.6 Å². The zero-order chi connectivity index (χ0) is 14.7. The van der Waals surface area contributed by atoms with E-state index in [2.05, 4.69) is 75.9 Å². The molecule has 1 rings (SSSR count). The molecule has 118 valence electrons. The van der Waals surface area contributed by atoms with Crippen molar-refractivity contribution >= 4 is 15.9 Å². The molecule has 0 aromatic carbocycles. The van der Waals surface area contributed by atoms with E-state index in [1.54, 1.807) is 5.57 Å². The summed E-state index contributed by atoms with van der Waals surface area (Å²) in [7, 11) is 4.62. The summed E-state index contributed by atoms with van der Waals surface area (Å²) in [5, 5.41) is 1.06. The summed E-state index contributed by atoms with van der Waals surface area (Å²) in [6, 6.07) is 0.558. The van der Waals surface area contributed by atoms with Crippen LogP contribution < -0.4 is 24.0 Å². The van der Waals surface area contributed by atoms with Crippen LogP contribution in [0.3, 0.4) is 0 Å². The van der Waals surface area contributed by atoms with Crippen LogP contribution in [0, 0.1) is 11.3 Å². The molecule has 0 aromatic heterocycles. The summed E-state index contributed by atoms with van der Waals surface area (Å²) < 4.78 is 1.04. The molecule has 1 aliphatic rings. The molecule has 2 unspecified atom stereocenters. The maximum atomic E-state index is 3.56. The average molecular weight is 456 g/mol. The summed E-state index contributed by atoms with van der Waals surface area (Å²) in [4.78, 5) is 0. The number of hydrogen-bond acceptors (Lipinski definition) is 0. The minimum atomic E-state index is 0. The Morgan fingerprint density at radius 2 is 2.05 bits per heavy atom. The van der Waals surface area contributed by atoms with E-state index >= 15 is 0 Å². The molecule has 0 bridgehead atoms. The molecule has 0 saturated heterocycles. The first-order valence-electron chi connectivity index (χ1n) is 7.44. The van der Waals surface area contributed by atoms with E-state index in [1.807, 2.05) is 0 Å². The lowest BCUT2D eigenvalue weighted by Crippen LogP contribution is -3.00. The van der Waals surface area contributed by atoms with Crippen LogP contribution in [0.5, 0.6) is 0 Å². The van der Waals surface area contributed by atoms with Gasteiger partial charge < -0.3 is 28.5 Å². The predicted octanol–water partition coefficient (Wildman–Crippen LogP) is 1.79. The van der Waals surface area contributed by atoms with Crippen molar-refractivity contribution in [1.29, 1.82) is 0 Å². The van der Waals surface area contributed by atoms with Crippen LogP contribution >= 0.6 is 15.9 Å². The second kappa shape index (κ2) is 8.33. The van der Waals surface area contributed by atoms with E-state index in [1.165, 1.54) is 12.8 Å². The van der Waals surface area contributed by atoms with Crippen molar-refractivity contribution in [1.82, 2.24) is 0 Å². The number of quaternary nitrogens is 1. The standard InChI is InChI=1S/C17H31BrN.HI/c1-14-8-7-11-17(3,4)16(14)10-9-15(2)19(5,6)13-12-18;/h8-10,15-16H,7,11-13H2,1-6H3;1H/q+1;/p-1. The molecule has 2 atom stereocenters. The van der Waals surface area contributed by atoms with E-state index in [4.69, 9.17) is 0 Å². The summed E-state index contributed by atoms with van der Waals surface area (Å²) in [5.74, 6) is 0.604. The molecule has 0 fully saturated rings. The number of alkyl halides is 1. The van der Waals surface area contributed by atoms with Gasteiger partial charge in [-0.05, 0) is 38.2 Å². The predicted molar refractivity (Wildman–Crippen MR) is 89.6 cm³/mol. The highest BCUT2D eigenvalue weighted by Gasteiger charge is 2.31. The quantitative estimate of drug-likeness (QED) is 0.256. The van der Waals surface area contributed by atoms with Crippen molar-refractivity contribution in [2.75, 3.05) is 26.0 Å². The van der Waals surface area contributed by atoms with Crippen LogP contribution in [0.2, 0.25) is 0 Å². The first-order valence-corrected chi connectivity index (χ1v) is 8.56. The molecule has 1 aliphatic carbocycles. The Hall–Kier alpha value is 0.650. The van der Waals surface area contributed by atoms with Gasteiger partial charge in [-0.2, -0.15) is 0 Å². The largest absolute Gasteiger partial charge is 1.00 e. The highest BCUT2D eigenvalue weighted by Crippen LogP contribution is 2.41. The Morgan fingerprint density at radius 1 is 1.45 bits per heavy atom. The summed E-state index contributed by atoms with van der Waals surface area (Å²) in [6.45, 7) is 10.6. The van der Waals surface area contributed by atoms with Gasteiger partial charge in [-0.1, -0.05) is 47.5 Å². The minimum absolute atomic E-state index is 0. The van der Waals surface area contributed by atoms with Crippen molar-refractivity contribution in [3.63, 3.8) is 0 Å². The third-order valence-corrected chi connectivity index (χ3v) is 5.29. The average Bonchev–Trinajstić information content (AvgIpc) is 2.27. The molecule has 0 saturated carbocycles. The first kappa shape index (κ1) is 20.6. The van der Waals surface area contributed by atoms with Crippen molar-refractivity contribution in [3.8, 4) is 0 Å². The van der Waals surface area contributed by atoms with E-state index < -0.39 is 0 Å². The molecule has 0 radical (unpaired) electrons. The van der Waals surface area contributed by atoms with Crippen molar-refractivity contribution in [3.05, 3.63) is 23.8 Å². The monoisotopic (exact) mass is 455 g/mol. The topological polar surface area (TPSA) is 0 Å².